The van der Waals surface area contributed by atoms with Gasteiger partial charge >= 0.3 is 0 Å². The minimum Gasteiger partial charge on any atom is -0.390 e. The van der Waals surface area contributed by atoms with Crippen LogP contribution in [0.25, 0.3) is 0 Å². The van der Waals surface area contributed by atoms with E-state index in [4.69, 9.17) is 0 Å². The molecule has 0 aliphatic rings. The third-order valence-corrected chi connectivity index (χ3v) is 2.23. The van der Waals surface area contributed by atoms with Crippen molar-refractivity contribution in [3.05, 3.63) is 0 Å². The summed E-state index contributed by atoms with van der Waals surface area (Å²) in [5, 5.41) is 13.2. The second-order valence-corrected chi connectivity index (χ2v) is 3.92. The first kappa shape index (κ1) is 13.5. The van der Waals surface area contributed by atoms with Gasteiger partial charge in [-0.2, -0.15) is 0 Å². The van der Waals surface area contributed by atoms with Crippen molar-refractivity contribution in [2.75, 3.05) is 13.1 Å². The lowest BCUT2D eigenvalue weighted by Gasteiger charge is -2.22. The van der Waals surface area contributed by atoms with Crippen molar-refractivity contribution in [1.29, 1.82) is 0 Å². The highest BCUT2D eigenvalue weighted by Crippen LogP contribution is 2.15. The van der Waals surface area contributed by atoms with Gasteiger partial charge in [0.1, 0.15) is 0 Å². The lowest BCUT2D eigenvalue weighted by Crippen LogP contribution is -2.30. The maximum absolute atomic E-state index is 9.93. The Kier molecular flexibility index (Phi) is 7.55. The van der Waals surface area contributed by atoms with Gasteiger partial charge in [-0.25, -0.2) is 0 Å². The summed E-state index contributed by atoms with van der Waals surface area (Å²) in [5.74, 6) is 5.82. The Balaban J connectivity index is 3.53. The molecule has 0 aromatic heterocycles. The first-order valence-corrected chi connectivity index (χ1v) is 5.45. The Hall–Kier alpha value is -0.520. The third-order valence-electron chi connectivity index (χ3n) is 2.23. The number of aliphatic hydroxyl groups is 1. The van der Waals surface area contributed by atoms with E-state index in [9.17, 15) is 5.11 Å². The summed E-state index contributed by atoms with van der Waals surface area (Å²) in [5.41, 5.74) is -0.565. The van der Waals surface area contributed by atoms with Crippen LogP contribution in [0, 0.1) is 11.8 Å². The number of hydrogen-bond acceptors (Lipinski definition) is 2. The van der Waals surface area contributed by atoms with E-state index in [0.717, 1.165) is 38.8 Å². The normalized spacial score (nSPS) is 14.3. The van der Waals surface area contributed by atoms with E-state index < -0.39 is 5.60 Å². The van der Waals surface area contributed by atoms with Crippen LogP contribution in [0.5, 0.6) is 0 Å². The molecule has 0 saturated carbocycles. The highest BCUT2D eigenvalue weighted by Gasteiger charge is 2.18. The molecule has 0 aromatic rings. The molecule has 1 unspecified atom stereocenters. The van der Waals surface area contributed by atoms with Gasteiger partial charge in [-0.1, -0.05) is 6.92 Å². The second-order valence-electron chi connectivity index (χ2n) is 3.92. The van der Waals surface area contributed by atoms with Gasteiger partial charge < -0.3 is 10.4 Å². The molecular formula is C12H23NO. The molecule has 0 rings (SSSR count). The molecule has 0 radical (unpaired) electrons. The molecule has 0 fully saturated rings. The second kappa shape index (κ2) is 7.84. The molecule has 0 aliphatic heterocycles. The number of rotatable bonds is 7. The summed E-state index contributed by atoms with van der Waals surface area (Å²) in [6.07, 6.45) is 3.50. The first-order valence-electron chi connectivity index (χ1n) is 5.45. The maximum atomic E-state index is 9.93. The molecule has 2 nitrogen and oxygen atoms in total. The van der Waals surface area contributed by atoms with Crippen molar-refractivity contribution in [1.82, 2.24) is 5.32 Å². The van der Waals surface area contributed by atoms with E-state index in [2.05, 4.69) is 24.1 Å². The van der Waals surface area contributed by atoms with Crippen LogP contribution in [0.1, 0.15) is 46.5 Å². The Bertz CT molecular complexity index is 188. The lowest BCUT2D eigenvalue weighted by molar-refractivity contribution is 0.0439. The topological polar surface area (TPSA) is 32.3 Å². The molecule has 0 bridgehead atoms. The molecule has 2 N–H and O–H groups in total. The van der Waals surface area contributed by atoms with Gasteiger partial charge in [0.15, 0.2) is 0 Å². The predicted molar refractivity (Wildman–Crippen MR) is 61.1 cm³/mol. The predicted octanol–water partition coefficient (Wildman–Crippen LogP) is 1.93. The molecule has 0 aliphatic carbocycles. The highest BCUT2D eigenvalue weighted by molar-refractivity contribution is 4.96. The lowest BCUT2D eigenvalue weighted by atomic mass is 9.96. The van der Waals surface area contributed by atoms with Crippen molar-refractivity contribution >= 4 is 0 Å². The largest absolute Gasteiger partial charge is 0.390 e. The molecule has 0 aromatic carbocycles. The van der Waals surface area contributed by atoms with Crippen molar-refractivity contribution in [3.63, 3.8) is 0 Å². The van der Waals surface area contributed by atoms with E-state index in [1.807, 2.05) is 13.8 Å². The summed E-state index contributed by atoms with van der Waals surface area (Å²) in [6.45, 7) is 7.78. The fraction of sp³-hybridized carbons (Fsp3) is 0.833. The minimum atomic E-state index is -0.565. The SMILES string of the molecule is CC#CCCC(C)(O)CCNCCC. The van der Waals surface area contributed by atoms with Crippen LogP contribution in [0.4, 0.5) is 0 Å². The summed E-state index contributed by atoms with van der Waals surface area (Å²) in [7, 11) is 0. The Morgan fingerprint density at radius 2 is 2.00 bits per heavy atom. The zero-order valence-electron chi connectivity index (χ0n) is 9.69. The van der Waals surface area contributed by atoms with E-state index >= 15 is 0 Å². The first-order chi connectivity index (χ1) is 6.62. The Morgan fingerprint density at radius 1 is 1.29 bits per heavy atom. The average Bonchev–Trinajstić information content (AvgIpc) is 2.13. The zero-order valence-corrected chi connectivity index (χ0v) is 9.69. The van der Waals surface area contributed by atoms with Gasteiger partial charge in [0.2, 0.25) is 0 Å². The van der Waals surface area contributed by atoms with Crippen LogP contribution in [-0.2, 0) is 0 Å². The fourth-order valence-corrected chi connectivity index (χ4v) is 1.24. The van der Waals surface area contributed by atoms with Crippen molar-refractivity contribution < 1.29 is 5.11 Å². The van der Waals surface area contributed by atoms with Crippen molar-refractivity contribution in [3.8, 4) is 11.8 Å². The highest BCUT2D eigenvalue weighted by atomic mass is 16.3. The van der Waals surface area contributed by atoms with Crippen LogP contribution >= 0.6 is 0 Å². The summed E-state index contributed by atoms with van der Waals surface area (Å²) < 4.78 is 0. The average molecular weight is 197 g/mol. The molecule has 2 heteroatoms. The summed E-state index contributed by atoms with van der Waals surface area (Å²) in [4.78, 5) is 0. The molecule has 14 heavy (non-hydrogen) atoms. The van der Waals surface area contributed by atoms with Gasteiger partial charge in [-0.05, 0) is 46.2 Å². The number of nitrogens with one attached hydrogen (secondary N) is 1. The van der Waals surface area contributed by atoms with Gasteiger partial charge in [-0.3, -0.25) is 0 Å². The molecule has 82 valence electrons. The Labute approximate surface area is 88.1 Å². The fourth-order valence-electron chi connectivity index (χ4n) is 1.24. The molecule has 0 spiro atoms. The summed E-state index contributed by atoms with van der Waals surface area (Å²) >= 11 is 0. The molecule has 0 amide bonds. The number of hydrogen-bond donors (Lipinski definition) is 2. The maximum Gasteiger partial charge on any atom is 0.0641 e. The van der Waals surface area contributed by atoms with Gasteiger partial charge in [0.25, 0.3) is 0 Å². The molecular weight excluding hydrogens is 174 g/mol. The molecule has 0 saturated heterocycles. The third kappa shape index (κ3) is 8.10. The Morgan fingerprint density at radius 3 is 2.57 bits per heavy atom. The van der Waals surface area contributed by atoms with Crippen LogP contribution in [0.3, 0.4) is 0 Å². The van der Waals surface area contributed by atoms with Gasteiger partial charge in [0, 0.05) is 6.42 Å². The van der Waals surface area contributed by atoms with Gasteiger partial charge in [-0.15, -0.1) is 11.8 Å². The van der Waals surface area contributed by atoms with E-state index in [-0.39, 0.29) is 0 Å². The van der Waals surface area contributed by atoms with E-state index in [0.29, 0.717) is 0 Å². The molecule has 1 atom stereocenters. The standard InChI is InChI=1S/C12H23NO/c1-4-6-7-8-12(3,14)9-11-13-10-5-2/h13-14H,5,7-11H2,1-3H3. The van der Waals surface area contributed by atoms with E-state index in [1.54, 1.807) is 0 Å². The van der Waals surface area contributed by atoms with Crippen molar-refractivity contribution in [2.24, 2.45) is 0 Å². The van der Waals surface area contributed by atoms with E-state index in [1.165, 1.54) is 0 Å². The summed E-state index contributed by atoms with van der Waals surface area (Å²) in [6, 6.07) is 0. The molecule has 0 heterocycles. The van der Waals surface area contributed by atoms with Crippen LogP contribution in [0.15, 0.2) is 0 Å². The van der Waals surface area contributed by atoms with Crippen molar-refractivity contribution in [2.45, 2.75) is 52.1 Å². The van der Waals surface area contributed by atoms with Gasteiger partial charge in [0.05, 0.1) is 5.60 Å². The van der Waals surface area contributed by atoms with Crippen LogP contribution in [-0.4, -0.2) is 23.8 Å². The minimum absolute atomic E-state index is 0.565. The smallest absolute Gasteiger partial charge is 0.0641 e. The monoisotopic (exact) mass is 197 g/mol. The van der Waals surface area contributed by atoms with Crippen LogP contribution in [0.2, 0.25) is 0 Å². The quantitative estimate of drug-likeness (QED) is 0.483. The van der Waals surface area contributed by atoms with Crippen LogP contribution < -0.4 is 5.32 Å². The zero-order chi connectivity index (χ0) is 10.9.